The zero-order valence-corrected chi connectivity index (χ0v) is 17.2. The monoisotopic (exact) mass is 412 g/mol. The van der Waals surface area contributed by atoms with E-state index in [-0.39, 0.29) is 18.0 Å². The fraction of sp³-hybridized carbons (Fsp3) is 0.333. The van der Waals surface area contributed by atoms with Crippen LogP contribution in [0.1, 0.15) is 12.0 Å². The highest BCUT2D eigenvalue weighted by atomic mass is 16.5. The standard InChI is InChI=1S/C21H24N4O5/c1-23-19(27)16(20(28)24(2)21(23)29)11-14-12-25(17-8-5-4-7-15(14)17)13-18(26)22-9-6-10-30-3/h4-5,7-8,11-12H,6,9-10,13H2,1-3H3,(H,22,26). The van der Waals surface area contributed by atoms with E-state index in [1.54, 1.807) is 17.9 Å². The van der Waals surface area contributed by atoms with Crippen molar-refractivity contribution < 1.29 is 23.9 Å². The van der Waals surface area contributed by atoms with Gasteiger partial charge in [-0.2, -0.15) is 0 Å². The van der Waals surface area contributed by atoms with Gasteiger partial charge in [-0.25, -0.2) is 4.79 Å². The molecule has 9 nitrogen and oxygen atoms in total. The van der Waals surface area contributed by atoms with Gasteiger partial charge in [-0.15, -0.1) is 0 Å². The maximum atomic E-state index is 12.5. The lowest BCUT2D eigenvalue weighted by Gasteiger charge is -2.28. The minimum Gasteiger partial charge on any atom is -0.385 e. The van der Waals surface area contributed by atoms with Crippen LogP contribution in [0.3, 0.4) is 0 Å². The van der Waals surface area contributed by atoms with Crippen molar-refractivity contribution in [3.8, 4) is 0 Å². The fourth-order valence-corrected chi connectivity index (χ4v) is 3.31. The van der Waals surface area contributed by atoms with Crippen molar-refractivity contribution in [2.24, 2.45) is 0 Å². The Morgan fingerprint density at radius 2 is 1.77 bits per heavy atom. The number of para-hydroxylation sites is 1. The van der Waals surface area contributed by atoms with Crippen LogP contribution in [0, 0.1) is 0 Å². The van der Waals surface area contributed by atoms with Gasteiger partial charge in [-0.3, -0.25) is 24.2 Å². The zero-order chi connectivity index (χ0) is 21.8. The van der Waals surface area contributed by atoms with E-state index in [2.05, 4.69) is 5.32 Å². The van der Waals surface area contributed by atoms with Gasteiger partial charge in [0.1, 0.15) is 12.1 Å². The first-order chi connectivity index (χ1) is 14.3. The number of carbonyl (C=O) groups excluding carboxylic acids is 4. The summed E-state index contributed by atoms with van der Waals surface area (Å²) in [6.45, 7) is 1.17. The Morgan fingerprint density at radius 1 is 1.10 bits per heavy atom. The first-order valence-corrected chi connectivity index (χ1v) is 9.50. The fourth-order valence-electron chi connectivity index (χ4n) is 3.31. The minimum atomic E-state index is -0.672. The van der Waals surface area contributed by atoms with E-state index in [4.69, 9.17) is 4.74 Å². The van der Waals surface area contributed by atoms with Crippen LogP contribution in [0.4, 0.5) is 4.79 Å². The molecule has 0 spiro atoms. The van der Waals surface area contributed by atoms with E-state index >= 15 is 0 Å². The van der Waals surface area contributed by atoms with Gasteiger partial charge >= 0.3 is 6.03 Å². The number of amides is 5. The smallest absolute Gasteiger partial charge is 0.333 e. The van der Waals surface area contributed by atoms with Gasteiger partial charge in [0.15, 0.2) is 0 Å². The average molecular weight is 412 g/mol. The van der Waals surface area contributed by atoms with Crippen LogP contribution in [0.15, 0.2) is 36.0 Å². The van der Waals surface area contributed by atoms with Gasteiger partial charge in [-0.1, -0.05) is 18.2 Å². The number of rotatable bonds is 7. The van der Waals surface area contributed by atoms with Gasteiger partial charge < -0.3 is 14.6 Å². The SMILES string of the molecule is COCCCNC(=O)Cn1cc(C=C2C(=O)N(C)C(=O)N(C)C2=O)c2ccccc21. The molecule has 1 aromatic carbocycles. The number of urea groups is 1. The number of methoxy groups -OCH3 is 1. The molecular weight excluding hydrogens is 388 g/mol. The number of nitrogens with one attached hydrogen (secondary N) is 1. The summed E-state index contributed by atoms with van der Waals surface area (Å²) in [6.07, 6.45) is 3.92. The van der Waals surface area contributed by atoms with Gasteiger partial charge in [0.25, 0.3) is 11.8 Å². The third-order valence-corrected chi connectivity index (χ3v) is 4.92. The molecule has 30 heavy (non-hydrogen) atoms. The number of fused-ring (bicyclic) bond motifs is 1. The number of imide groups is 2. The van der Waals surface area contributed by atoms with Crippen molar-refractivity contribution in [2.75, 3.05) is 34.4 Å². The normalized spacial score (nSPS) is 14.6. The molecular formula is C21H24N4O5. The van der Waals surface area contributed by atoms with Crippen LogP contribution in [-0.4, -0.2) is 72.5 Å². The summed E-state index contributed by atoms with van der Waals surface area (Å²) in [7, 11) is 4.27. The molecule has 1 aliphatic rings. The van der Waals surface area contributed by atoms with Crippen molar-refractivity contribution >= 4 is 40.7 Å². The highest BCUT2D eigenvalue weighted by Crippen LogP contribution is 2.25. The predicted molar refractivity (Wildman–Crippen MR) is 110 cm³/mol. The molecule has 0 aliphatic carbocycles. The number of carbonyl (C=O) groups is 4. The highest BCUT2D eigenvalue weighted by molar-refractivity contribution is 6.31. The number of nitrogens with zero attached hydrogens (tertiary/aromatic N) is 3. The van der Waals surface area contributed by atoms with Crippen LogP contribution < -0.4 is 5.32 Å². The molecule has 2 heterocycles. The summed E-state index contributed by atoms with van der Waals surface area (Å²) in [6, 6.07) is 6.73. The maximum Gasteiger partial charge on any atom is 0.333 e. The molecule has 1 N–H and O–H groups in total. The molecule has 0 unspecified atom stereocenters. The quantitative estimate of drug-likeness (QED) is 0.419. The molecule has 1 aromatic heterocycles. The van der Waals surface area contributed by atoms with Crippen LogP contribution in [0.25, 0.3) is 17.0 Å². The Bertz CT molecular complexity index is 1010. The topological polar surface area (TPSA) is 101 Å². The number of likely N-dealkylation sites (N-methyl/N-ethyl adjacent to an activating group) is 2. The highest BCUT2D eigenvalue weighted by Gasteiger charge is 2.37. The lowest BCUT2D eigenvalue weighted by molar-refractivity contribution is -0.134. The van der Waals surface area contributed by atoms with Gasteiger partial charge in [0.2, 0.25) is 5.91 Å². The molecule has 0 saturated carbocycles. The number of aromatic nitrogens is 1. The van der Waals surface area contributed by atoms with Gasteiger partial charge in [-0.05, 0) is 18.6 Å². The van der Waals surface area contributed by atoms with Crippen molar-refractivity contribution in [3.63, 3.8) is 0 Å². The van der Waals surface area contributed by atoms with E-state index in [1.165, 1.54) is 20.2 Å². The molecule has 3 rings (SSSR count). The lowest BCUT2D eigenvalue weighted by atomic mass is 10.1. The molecule has 1 fully saturated rings. The molecule has 158 valence electrons. The summed E-state index contributed by atoms with van der Waals surface area (Å²) >= 11 is 0. The van der Waals surface area contributed by atoms with Crippen LogP contribution in [0.5, 0.6) is 0 Å². The molecule has 0 atom stereocenters. The van der Waals surface area contributed by atoms with Gasteiger partial charge in [0, 0.05) is 57.0 Å². The van der Waals surface area contributed by atoms with Gasteiger partial charge in [0.05, 0.1) is 0 Å². The van der Waals surface area contributed by atoms with Crippen molar-refractivity contribution in [1.29, 1.82) is 0 Å². The second-order valence-corrected chi connectivity index (χ2v) is 6.99. The van der Waals surface area contributed by atoms with Crippen LogP contribution >= 0.6 is 0 Å². The summed E-state index contributed by atoms with van der Waals surface area (Å²) in [5.41, 5.74) is 1.31. The largest absolute Gasteiger partial charge is 0.385 e. The van der Waals surface area contributed by atoms with Crippen molar-refractivity contribution in [3.05, 3.63) is 41.6 Å². The zero-order valence-electron chi connectivity index (χ0n) is 17.2. The molecule has 9 heteroatoms. The van der Waals surface area contributed by atoms with Crippen LogP contribution in [0.2, 0.25) is 0 Å². The predicted octanol–water partition coefficient (Wildman–Crippen LogP) is 1.23. The Morgan fingerprint density at radius 3 is 2.43 bits per heavy atom. The van der Waals surface area contributed by atoms with Crippen molar-refractivity contribution in [1.82, 2.24) is 19.7 Å². The Hall–Kier alpha value is -3.46. The third kappa shape index (κ3) is 4.11. The number of hydrogen-bond acceptors (Lipinski definition) is 5. The maximum absolute atomic E-state index is 12.5. The molecule has 1 saturated heterocycles. The average Bonchev–Trinajstić information content (AvgIpc) is 3.08. The molecule has 2 aromatic rings. The number of benzene rings is 1. The number of barbiturate groups is 1. The molecule has 5 amide bonds. The second-order valence-electron chi connectivity index (χ2n) is 6.99. The first kappa shape index (κ1) is 21.3. The van der Waals surface area contributed by atoms with E-state index < -0.39 is 17.8 Å². The Balaban J connectivity index is 1.91. The van der Waals surface area contributed by atoms with Crippen LogP contribution in [-0.2, 0) is 25.7 Å². The third-order valence-electron chi connectivity index (χ3n) is 4.92. The van der Waals surface area contributed by atoms with E-state index in [0.29, 0.717) is 18.7 Å². The number of ether oxygens (including phenoxy) is 1. The second kappa shape index (κ2) is 8.91. The van der Waals surface area contributed by atoms with Crippen molar-refractivity contribution in [2.45, 2.75) is 13.0 Å². The summed E-state index contributed by atoms with van der Waals surface area (Å²) in [5, 5.41) is 3.63. The molecule has 0 radical (unpaired) electrons. The summed E-state index contributed by atoms with van der Waals surface area (Å²) in [5.74, 6) is -1.47. The van der Waals surface area contributed by atoms with E-state index in [0.717, 1.165) is 27.1 Å². The molecule has 1 aliphatic heterocycles. The van der Waals surface area contributed by atoms with E-state index in [1.807, 2.05) is 24.3 Å². The summed E-state index contributed by atoms with van der Waals surface area (Å²) in [4.78, 5) is 51.0. The lowest BCUT2D eigenvalue weighted by Crippen LogP contribution is -2.52. The minimum absolute atomic E-state index is 0.0941. The Kier molecular flexibility index (Phi) is 6.31. The number of hydrogen-bond donors (Lipinski definition) is 1. The van der Waals surface area contributed by atoms with E-state index in [9.17, 15) is 19.2 Å². The summed E-state index contributed by atoms with van der Waals surface area (Å²) < 4.78 is 6.74. The Labute approximate surface area is 173 Å². The molecule has 0 bridgehead atoms. The first-order valence-electron chi connectivity index (χ1n) is 9.50.